The fourth-order valence-electron chi connectivity index (χ4n) is 1.82. The standard InChI is InChI=1S/C15H13NO4S/c1-4-7-16-14(17)13(21-15(16)18)9-10-8-11(19-2)5-6-12(10)20-3/h1,5-6,8-9H,7H2,2-3H3/b13-9-. The van der Waals surface area contributed by atoms with E-state index in [9.17, 15) is 9.59 Å². The number of carbonyl (C=O) groups excluding carboxylic acids is 2. The van der Waals surface area contributed by atoms with Crippen LogP contribution in [0.5, 0.6) is 11.5 Å². The minimum Gasteiger partial charge on any atom is -0.497 e. The number of thioether (sulfide) groups is 1. The summed E-state index contributed by atoms with van der Waals surface area (Å²) in [7, 11) is 3.08. The van der Waals surface area contributed by atoms with Crippen LogP contribution >= 0.6 is 11.8 Å². The van der Waals surface area contributed by atoms with Crippen molar-refractivity contribution in [3.8, 4) is 23.8 Å². The number of methoxy groups -OCH3 is 2. The summed E-state index contributed by atoms with van der Waals surface area (Å²) in [5.74, 6) is 3.11. The van der Waals surface area contributed by atoms with Gasteiger partial charge in [-0.1, -0.05) is 5.92 Å². The molecule has 5 nitrogen and oxygen atoms in total. The maximum Gasteiger partial charge on any atom is 0.294 e. The number of ether oxygens (including phenoxy) is 2. The van der Waals surface area contributed by atoms with Gasteiger partial charge in [-0.05, 0) is 36.0 Å². The van der Waals surface area contributed by atoms with Crippen LogP contribution in [0.15, 0.2) is 23.1 Å². The zero-order valence-corrected chi connectivity index (χ0v) is 12.4. The van der Waals surface area contributed by atoms with Gasteiger partial charge >= 0.3 is 0 Å². The molecule has 1 heterocycles. The topological polar surface area (TPSA) is 55.8 Å². The molecule has 1 aliphatic heterocycles. The van der Waals surface area contributed by atoms with Crippen LogP contribution in [0.2, 0.25) is 0 Å². The van der Waals surface area contributed by atoms with Crippen molar-refractivity contribution in [3.63, 3.8) is 0 Å². The Morgan fingerprint density at radius 1 is 1.33 bits per heavy atom. The summed E-state index contributed by atoms with van der Waals surface area (Å²) in [4.78, 5) is 25.2. The molecule has 0 aliphatic carbocycles. The minimum absolute atomic E-state index is 0.0305. The molecule has 21 heavy (non-hydrogen) atoms. The zero-order valence-electron chi connectivity index (χ0n) is 11.6. The van der Waals surface area contributed by atoms with Gasteiger partial charge in [-0.25, -0.2) is 0 Å². The van der Waals surface area contributed by atoms with E-state index in [1.165, 1.54) is 7.11 Å². The molecule has 0 N–H and O–H groups in total. The molecule has 1 aromatic carbocycles. The average Bonchev–Trinajstić information content (AvgIpc) is 2.75. The van der Waals surface area contributed by atoms with Crippen LogP contribution in [-0.2, 0) is 4.79 Å². The summed E-state index contributed by atoms with van der Waals surface area (Å²) in [6.07, 6.45) is 6.75. The van der Waals surface area contributed by atoms with E-state index in [4.69, 9.17) is 15.9 Å². The first-order valence-electron chi connectivity index (χ1n) is 6.01. The molecule has 0 bridgehead atoms. The average molecular weight is 303 g/mol. The monoisotopic (exact) mass is 303 g/mol. The summed E-state index contributed by atoms with van der Waals surface area (Å²) in [5, 5.41) is -0.369. The number of nitrogens with zero attached hydrogens (tertiary/aromatic N) is 1. The normalized spacial score (nSPS) is 16.2. The number of carbonyl (C=O) groups is 2. The van der Waals surface area contributed by atoms with Gasteiger partial charge in [-0.3, -0.25) is 14.5 Å². The molecule has 0 atom stereocenters. The van der Waals surface area contributed by atoms with Gasteiger partial charge in [0.25, 0.3) is 11.1 Å². The summed E-state index contributed by atoms with van der Waals surface area (Å²) >= 11 is 0.856. The second-order valence-corrected chi connectivity index (χ2v) is 5.07. The number of benzene rings is 1. The van der Waals surface area contributed by atoms with Crippen molar-refractivity contribution in [3.05, 3.63) is 28.7 Å². The van der Waals surface area contributed by atoms with Crippen molar-refractivity contribution >= 4 is 29.0 Å². The molecule has 2 amide bonds. The molecule has 0 saturated carbocycles. The molecule has 108 valence electrons. The molecule has 6 heteroatoms. The van der Waals surface area contributed by atoms with E-state index in [-0.39, 0.29) is 11.8 Å². The molecule has 0 unspecified atom stereocenters. The van der Waals surface area contributed by atoms with Gasteiger partial charge in [0.05, 0.1) is 25.7 Å². The fraction of sp³-hybridized carbons (Fsp3) is 0.200. The third-order valence-corrected chi connectivity index (χ3v) is 3.75. The van der Waals surface area contributed by atoms with Crippen LogP contribution in [0, 0.1) is 12.3 Å². The second kappa shape index (κ2) is 6.37. The van der Waals surface area contributed by atoms with Crippen LogP contribution in [0.3, 0.4) is 0 Å². The fourth-order valence-corrected chi connectivity index (χ4v) is 2.65. The Hall–Kier alpha value is -2.39. The lowest BCUT2D eigenvalue weighted by molar-refractivity contribution is -0.122. The van der Waals surface area contributed by atoms with Crippen LogP contribution in [0.25, 0.3) is 6.08 Å². The van der Waals surface area contributed by atoms with Crippen LogP contribution < -0.4 is 9.47 Å². The highest BCUT2D eigenvalue weighted by atomic mass is 32.2. The summed E-state index contributed by atoms with van der Waals surface area (Å²) in [6, 6.07) is 5.21. The Kier molecular flexibility index (Phi) is 4.55. The van der Waals surface area contributed by atoms with Crippen molar-refractivity contribution in [1.82, 2.24) is 4.90 Å². The molecule has 0 aromatic heterocycles. The first-order chi connectivity index (χ1) is 10.1. The van der Waals surface area contributed by atoms with Gasteiger partial charge in [0.15, 0.2) is 0 Å². The Balaban J connectivity index is 2.38. The maximum atomic E-state index is 12.1. The number of rotatable bonds is 4. The number of imide groups is 1. The van der Waals surface area contributed by atoms with Crippen molar-refractivity contribution < 1.29 is 19.1 Å². The SMILES string of the molecule is C#CCN1C(=O)S/C(=C\c2cc(OC)ccc2OC)C1=O. The maximum absolute atomic E-state index is 12.1. The third kappa shape index (κ3) is 3.03. The molecule has 0 spiro atoms. The number of amides is 2. The van der Waals surface area contributed by atoms with Gasteiger partial charge in [0.2, 0.25) is 0 Å². The molecule has 1 fully saturated rings. The molecule has 1 saturated heterocycles. The Labute approximate surface area is 126 Å². The van der Waals surface area contributed by atoms with Gasteiger partial charge < -0.3 is 9.47 Å². The third-order valence-electron chi connectivity index (χ3n) is 2.85. The van der Waals surface area contributed by atoms with E-state index in [0.717, 1.165) is 16.7 Å². The quantitative estimate of drug-likeness (QED) is 0.631. The van der Waals surface area contributed by atoms with Crippen molar-refractivity contribution in [2.24, 2.45) is 0 Å². The zero-order chi connectivity index (χ0) is 15.4. The molecular weight excluding hydrogens is 290 g/mol. The highest BCUT2D eigenvalue weighted by Crippen LogP contribution is 2.34. The smallest absolute Gasteiger partial charge is 0.294 e. The number of hydrogen-bond donors (Lipinski definition) is 0. The van der Waals surface area contributed by atoms with Gasteiger partial charge in [0, 0.05) is 5.56 Å². The van der Waals surface area contributed by atoms with Crippen molar-refractivity contribution in [2.45, 2.75) is 0 Å². The Morgan fingerprint density at radius 3 is 2.71 bits per heavy atom. The minimum atomic E-state index is -0.396. The van der Waals surface area contributed by atoms with Crippen LogP contribution in [0.4, 0.5) is 4.79 Å². The highest BCUT2D eigenvalue weighted by Gasteiger charge is 2.34. The van der Waals surface area contributed by atoms with Crippen LogP contribution in [-0.4, -0.2) is 36.8 Å². The van der Waals surface area contributed by atoms with Crippen LogP contribution in [0.1, 0.15) is 5.56 Å². The molecule has 0 radical (unpaired) electrons. The first-order valence-corrected chi connectivity index (χ1v) is 6.83. The molecule has 1 aromatic rings. The van der Waals surface area contributed by atoms with Gasteiger partial charge in [0.1, 0.15) is 11.5 Å². The summed E-state index contributed by atoms with van der Waals surface area (Å²) in [5.41, 5.74) is 0.656. The lowest BCUT2D eigenvalue weighted by atomic mass is 10.1. The summed E-state index contributed by atoms with van der Waals surface area (Å²) in [6.45, 7) is -0.0305. The molecular formula is C15H13NO4S. The highest BCUT2D eigenvalue weighted by molar-refractivity contribution is 8.18. The lowest BCUT2D eigenvalue weighted by Gasteiger charge is -2.08. The molecule has 1 aliphatic rings. The number of hydrogen-bond acceptors (Lipinski definition) is 5. The van der Waals surface area contributed by atoms with E-state index in [0.29, 0.717) is 22.0 Å². The van der Waals surface area contributed by atoms with E-state index in [2.05, 4.69) is 5.92 Å². The van der Waals surface area contributed by atoms with Gasteiger partial charge in [-0.15, -0.1) is 6.42 Å². The van der Waals surface area contributed by atoms with E-state index < -0.39 is 5.91 Å². The van der Waals surface area contributed by atoms with E-state index >= 15 is 0 Å². The Bertz CT molecular complexity index is 660. The number of terminal acetylenes is 1. The van der Waals surface area contributed by atoms with E-state index in [1.807, 2.05) is 0 Å². The second-order valence-electron chi connectivity index (χ2n) is 4.08. The van der Waals surface area contributed by atoms with Gasteiger partial charge in [-0.2, -0.15) is 0 Å². The molecule has 2 rings (SSSR count). The van der Waals surface area contributed by atoms with Crippen molar-refractivity contribution in [1.29, 1.82) is 0 Å². The lowest BCUT2D eigenvalue weighted by Crippen LogP contribution is -2.28. The largest absolute Gasteiger partial charge is 0.497 e. The summed E-state index contributed by atoms with van der Waals surface area (Å²) < 4.78 is 10.4. The predicted octanol–water partition coefficient (Wildman–Crippen LogP) is 2.37. The van der Waals surface area contributed by atoms with E-state index in [1.54, 1.807) is 31.4 Å². The Morgan fingerprint density at radius 2 is 2.10 bits per heavy atom. The predicted molar refractivity (Wildman–Crippen MR) is 81.1 cm³/mol. The van der Waals surface area contributed by atoms with Crippen molar-refractivity contribution in [2.75, 3.05) is 20.8 Å². The first kappa shape index (κ1) is 15.0.